The van der Waals surface area contributed by atoms with Crippen molar-refractivity contribution in [3.8, 4) is 0 Å². The predicted molar refractivity (Wildman–Crippen MR) is 88.8 cm³/mol. The second kappa shape index (κ2) is 8.51. The van der Waals surface area contributed by atoms with Crippen LogP contribution in [0.25, 0.3) is 0 Å². The van der Waals surface area contributed by atoms with E-state index in [2.05, 4.69) is 5.32 Å². The first-order valence-corrected chi connectivity index (χ1v) is 9.10. The number of rotatable bonds is 5. The minimum Gasteiger partial charge on any atom is -0.317 e. The van der Waals surface area contributed by atoms with E-state index in [1.54, 1.807) is 0 Å². The van der Waals surface area contributed by atoms with Gasteiger partial charge in [-0.05, 0) is 56.6 Å². The van der Waals surface area contributed by atoms with E-state index >= 15 is 0 Å². The second-order valence-electron chi connectivity index (χ2n) is 5.62. The maximum absolute atomic E-state index is 12.8. The third-order valence-corrected chi connectivity index (χ3v) is 5.91. The number of hydrogen-bond acceptors (Lipinski definition) is 3. The largest absolute Gasteiger partial charge is 0.416 e. The third-order valence-electron chi connectivity index (χ3n) is 3.95. The Morgan fingerprint density at radius 1 is 1.17 bits per heavy atom. The normalized spacial score (nSPS) is 16.9. The molecule has 0 atom stereocenters. The maximum Gasteiger partial charge on any atom is 0.416 e. The Labute approximate surface area is 146 Å². The molecule has 0 bridgehead atoms. The monoisotopic (exact) mass is 386 g/mol. The number of halogens is 4. The molecule has 4 nitrogen and oxygen atoms in total. The molecule has 138 valence electrons. The van der Waals surface area contributed by atoms with E-state index in [0.29, 0.717) is 25.8 Å². The molecule has 0 spiro atoms. The van der Waals surface area contributed by atoms with Gasteiger partial charge in [-0.2, -0.15) is 17.5 Å². The van der Waals surface area contributed by atoms with Crippen molar-refractivity contribution < 1.29 is 21.6 Å². The van der Waals surface area contributed by atoms with E-state index in [9.17, 15) is 21.6 Å². The van der Waals surface area contributed by atoms with Gasteiger partial charge in [0, 0.05) is 12.6 Å². The molecule has 9 heteroatoms. The summed E-state index contributed by atoms with van der Waals surface area (Å²) in [6, 6.07) is 3.62. The zero-order valence-corrected chi connectivity index (χ0v) is 15.0. The van der Waals surface area contributed by atoms with Crippen LogP contribution in [0.2, 0.25) is 0 Å². The van der Waals surface area contributed by atoms with Crippen molar-refractivity contribution in [1.29, 1.82) is 0 Å². The van der Waals surface area contributed by atoms with E-state index < -0.39 is 21.8 Å². The molecule has 24 heavy (non-hydrogen) atoms. The molecule has 1 aromatic carbocycles. The standard InChI is InChI=1S/C15H21F3N2O2S.ClH/c1-2-11-20(13-7-9-19-10-8-13)23(21,22)14-5-3-12(4-6-14)15(16,17)18;/h3-6,13,19H,2,7-11H2,1H3;1H. The number of benzene rings is 1. The van der Waals surface area contributed by atoms with Crippen molar-refractivity contribution in [2.75, 3.05) is 19.6 Å². The smallest absolute Gasteiger partial charge is 0.317 e. The summed E-state index contributed by atoms with van der Waals surface area (Å²) < 4.78 is 64.9. The fourth-order valence-corrected chi connectivity index (χ4v) is 4.54. The molecule has 0 unspecified atom stereocenters. The molecule has 1 fully saturated rings. The van der Waals surface area contributed by atoms with E-state index in [1.807, 2.05) is 6.92 Å². The molecule has 1 aliphatic rings. The first-order valence-electron chi connectivity index (χ1n) is 7.66. The van der Waals surface area contributed by atoms with E-state index in [1.165, 1.54) is 4.31 Å². The van der Waals surface area contributed by atoms with Crippen LogP contribution in [0, 0.1) is 0 Å². The molecule has 0 aromatic heterocycles. The first-order chi connectivity index (χ1) is 10.8. The van der Waals surface area contributed by atoms with Crippen LogP contribution in [0.3, 0.4) is 0 Å². The van der Waals surface area contributed by atoms with Gasteiger partial charge in [-0.3, -0.25) is 0 Å². The molecular formula is C15H22ClF3N2O2S. The van der Waals surface area contributed by atoms with Crippen LogP contribution in [0.4, 0.5) is 13.2 Å². The lowest BCUT2D eigenvalue weighted by molar-refractivity contribution is -0.137. The van der Waals surface area contributed by atoms with Crippen LogP contribution < -0.4 is 5.32 Å². The summed E-state index contributed by atoms with van der Waals surface area (Å²) in [5.41, 5.74) is -0.847. The fraction of sp³-hybridized carbons (Fsp3) is 0.600. The molecule has 0 saturated carbocycles. The lowest BCUT2D eigenvalue weighted by atomic mass is 10.1. The van der Waals surface area contributed by atoms with Crippen molar-refractivity contribution >= 4 is 22.4 Å². The van der Waals surface area contributed by atoms with Crippen molar-refractivity contribution in [3.63, 3.8) is 0 Å². The van der Waals surface area contributed by atoms with Gasteiger partial charge >= 0.3 is 6.18 Å². The highest BCUT2D eigenvalue weighted by molar-refractivity contribution is 7.89. The highest BCUT2D eigenvalue weighted by atomic mass is 35.5. The molecule has 0 amide bonds. The Balaban J connectivity index is 0.00000288. The van der Waals surface area contributed by atoms with Gasteiger partial charge in [-0.15, -0.1) is 12.4 Å². The van der Waals surface area contributed by atoms with Crippen LogP contribution in [0.15, 0.2) is 29.2 Å². The van der Waals surface area contributed by atoms with Gasteiger partial charge in [-0.1, -0.05) is 6.92 Å². The number of sulfonamides is 1. The minimum absolute atomic E-state index is 0. The quantitative estimate of drug-likeness (QED) is 0.844. The van der Waals surface area contributed by atoms with E-state index in [0.717, 1.165) is 37.4 Å². The highest BCUT2D eigenvalue weighted by Gasteiger charge is 2.34. The van der Waals surface area contributed by atoms with Crippen LogP contribution in [0.1, 0.15) is 31.7 Å². The van der Waals surface area contributed by atoms with Gasteiger partial charge in [0.05, 0.1) is 10.5 Å². The molecule has 1 saturated heterocycles. The van der Waals surface area contributed by atoms with Crippen LogP contribution >= 0.6 is 12.4 Å². The van der Waals surface area contributed by atoms with Gasteiger partial charge in [0.25, 0.3) is 0 Å². The topological polar surface area (TPSA) is 49.4 Å². The summed E-state index contributed by atoms with van der Waals surface area (Å²) in [5.74, 6) is 0. The van der Waals surface area contributed by atoms with Gasteiger partial charge in [0.2, 0.25) is 10.0 Å². The Morgan fingerprint density at radius 2 is 1.71 bits per heavy atom. The fourth-order valence-electron chi connectivity index (χ4n) is 2.77. The number of nitrogens with zero attached hydrogens (tertiary/aromatic N) is 1. The highest BCUT2D eigenvalue weighted by Crippen LogP contribution is 2.31. The number of hydrogen-bond donors (Lipinski definition) is 1. The van der Waals surface area contributed by atoms with Crippen molar-refractivity contribution in [2.45, 2.75) is 43.3 Å². The first kappa shape index (κ1) is 21.2. The molecule has 1 aliphatic heterocycles. The lowest BCUT2D eigenvalue weighted by Crippen LogP contribution is -2.46. The van der Waals surface area contributed by atoms with E-state index in [-0.39, 0.29) is 23.3 Å². The Hall–Kier alpha value is -0.830. The van der Waals surface area contributed by atoms with E-state index in [4.69, 9.17) is 0 Å². The Morgan fingerprint density at radius 3 is 2.17 bits per heavy atom. The van der Waals surface area contributed by atoms with Crippen LogP contribution in [0.5, 0.6) is 0 Å². The Bertz CT molecular complexity index is 615. The summed E-state index contributed by atoms with van der Waals surface area (Å²) >= 11 is 0. The van der Waals surface area contributed by atoms with Gasteiger partial charge in [0.1, 0.15) is 0 Å². The van der Waals surface area contributed by atoms with Gasteiger partial charge < -0.3 is 5.32 Å². The molecule has 1 N–H and O–H groups in total. The lowest BCUT2D eigenvalue weighted by Gasteiger charge is -2.33. The number of piperidine rings is 1. The summed E-state index contributed by atoms with van der Waals surface area (Å²) in [6.45, 7) is 3.74. The van der Waals surface area contributed by atoms with Crippen LogP contribution in [-0.2, 0) is 16.2 Å². The average Bonchev–Trinajstić information content (AvgIpc) is 2.52. The zero-order chi connectivity index (χ0) is 17.1. The number of alkyl halides is 3. The van der Waals surface area contributed by atoms with Gasteiger partial charge in [0.15, 0.2) is 0 Å². The molecule has 1 aromatic rings. The van der Waals surface area contributed by atoms with Crippen molar-refractivity contribution in [2.24, 2.45) is 0 Å². The van der Waals surface area contributed by atoms with Crippen LogP contribution in [-0.4, -0.2) is 38.4 Å². The summed E-state index contributed by atoms with van der Waals surface area (Å²) in [5, 5.41) is 3.18. The van der Waals surface area contributed by atoms with Gasteiger partial charge in [-0.25, -0.2) is 8.42 Å². The molecule has 2 rings (SSSR count). The SMILES string of the molecule is CCCN(C1CCNCC1)S(=O)(=O)c1ccc(C(F)(F)F)cc1.Cl. The molecule has 1 heterocycles. The average molecular weight is 387 g/mol. The maximum atomic E-state index is 12.8. The minimum atomic E-state index is -4.47. The third kappa shape index (κ3) is 4.84. The number of nitrogens with one attached hydrogen (secondary N) is 1. The predicted octanol–water partition coefficient (Wildman–Crippen LogP) is 3.28. The van der Waals surface area contributed by atoms with Crippen molar-refractivity contribution in [3.05, 3.63) is 29.8 Å². The summed E-state index contributed by atoms with van der Waals surface area (Å²) in [4.78, 5) is -0.0857. The van der Waals surface area contributed by atoms with Crippen molar-refractivity contribution in [1.82, 2.24) is 9.62 Å². The molecule has 0 radical (unpaired) electrons. The summed E-state index contributed by atoms with van der Waals surface area (Å²) in [7, 11) is -3.79. The zero-order valence-electron chi connectivity index (χ0n) is 13.3. The Kier molecular flexibility index (Phi) is 7.52. The second-order valence-corrected chi connectivity index (χ2v) is 7.51. The molecule has 0 aliphatic carbocycles. The summed E-state index contributed by atoms with van der Waals surface area (Å²) in [6.07, 6.45) is -2.40. The molecular weight excluding hydrogens is 365 g/mol.